The van der Waals surface area contributed by atoms with Gasteiger partial charge in [-0.25, -0.2) is 0 Å². The summed E-state index contributed by atoms with van der Waals surface area (Å²) in [4.78, 5) is 25.6. The predicted octanol–water partition coefficient (Wildman–Crippen LogP) is 7.09. The smallest absolute Gasteiger partial charge is 0.315 e. The summed E-state index contributed by atoms with van der Waals surface area (Å²) in [6.45, 7) is 6.61. The second kappa shape index (κ2) is 14.3. The molecular weight excluding hydrogens is 388 g/mol. The summed E-state index contributed by atoms with van der Waals surface area (Å²) in [6.07, 6.45) is 14.4. The molecule has 2 atom stereocenters. The topological polar surface area (TPSA) is 52.6 Å². The number of esters is 2. The van der Waals surface area contributed by atoms with Crippen LogP contribution in [0.25, 0.3) is 0 Å². The molecule has 4 nitrogen and oxygen atoms in total. The van der Waals surface area contributed by atoms with Crippen LogP contribution in [0.1, 0.15) is 102 Å². The quantitative estimate of drug-likeness (QED) is 0.190. The van der Waals surface area contributed by atoms with Gasteiger partial charge in [-0.3, -0.25) is 9.59 Å². The summed E-state index contributed by atoms with van der Waals surface area (Å²) < 4.78 is 11.3. The van der Waals surface area contributed by atoms with Crippen LogP contribution in [0, 0.1) is 25.7 Å². The van der Waals surface area contributed by atoms with Crippen molar-refractivity contribution in [2.24, 2.45) is 11.8 Å². The molecule has 0 spiro atoms. The first-order chi connectivity index (χ1) is 15.0. The second-order valence-electron chi connectivity index (χ2n) is 9.18. The van der Waals surface area contributed by atoms with Crippen molar-refractivity contribution in [3.63, 3.8) is 0 Å². The van der Waals surface area contributed by atoms with Crippen LogP contribution in [0.5, 0.6) is 5.75 Å². The fraction of sp³-hybridized carbons (Fsp3) is 0.704. The molecule has 0 radical (unpaired) electrons. The van der Waals surface area contributed by atoms with Crippen LogP contribution in [-0.2, 0) is 14.3 Å². The molecule has 2 unspecified atom stereocenters. The SMILES string of the molecule is CCCCCCCCCCCOC(=O)C1CCCCC1C(=O)Oc1cc(C)ccc1C. The van der Waals surface area contributed by atoms with Crippen LogP contribution in [0.4, 0.5) is 0 Å². The lowest BCUT2D eigenvalue weighted by Crippen LogP contribution is -2.36. The zero-order valence-corrected chi connectivity index (χ0v) is 19.9. The van der Waals surface area contributed by atoms with Crippen LogP contribution >= 0.6 is 0 Å². The molecule has 0 N–H and O–H groups in total. The van der Waals surface area contributed by atoms with Gasteiger partial charge in [0.05, 0.1) is 18.4 Å². The molecule has 1 fully saturated rings. The van der Waals surface area contributed by atoms with Gasteiger partial charge in [0.25, 0.3) is 0 Å². The fourth-order valence-electron chi connectivity index (χ4n) is 4.39. The Labute approximate surface area is 189 Å². The average molecular weight is 431 g/mol. The Morgan fingerprint density at radius 2 is 1.42 bits per heavy atom. The van der Waals surface area contributed by atoms with E-state index in [9.17, 15) is 9.59 Å². The van der Waals surface area contributed by atoms with E-state index in [-0.39, 0.29) is 17.9 Å². The highest BCUT2D eigenvalue weighted by molar-refractivity contribution is 5.83. The molecule has 0 heterocycles. The van der Waals surface area contributed by atoms with Crippen molar-refractivity contribution in [2.75, 3.05) is 6.61 Å². The summed E-state index contributed by atoms with van der Waals surface area (Å²) in [5, 5.41) is 0. The number of unbranched alkanes of at least 4 members (excludes halogenated alkanes) is 8. The molecule has 1 aromatic rings. The molecule has 0 amide bonds. The fourth-order valence-corrected chi connectivity index (χ4v) is 4.39. The predicted molar refractivity (Wildman–Crippen MR) is 125 cm³/mol. The molecule has 1 aromatic carbocycles. The van der Waals surface area contributed by atoms with E-state index in [0.717, 1.165) is 36.8 Å². The van der Waals surface area contributed by atoms with Gasteiger partial charge in [0, 0.05) is 0 Å². The summed E-state index contributed by atoms with van der Waals surface area (Å²) in [5.41, 5.74) is 1.98. The van der Waals surface area contributed by atoms with Crippen LogP contribution in [0.3, 0.4) is 0 Å². The van der Waals surface area contributed by atoms with Crippen LogP contribution in [0.2, 0.25) is 0 Å². The molecule has 4 heteroatoms. The zero-order valence-electron chi connectivity index (χ0n) is 19.9. The van der Waals surface area contributed by atoms with Crippen molar-refractivity contribution in [3.8, 4) is 5.75 Å². The number of carbonyl (C=O) groups excluding carboxylic acids is 2. The van der Waals surface area contributed by atoms with E-state index in [0.29, 0.717) is 25.2 Å². The van der Waals surface area contributed by atoms with Crippen molar-refractivity contribution in [3.05, 3.63) is 29.3 Å². The number of ether oxygens (including phenoxy) is 2. The molecular formula is C27H42O4. The Balaban J connectivity index is 1.72. The molecule has 1 aliphatic rings. The maximum Gasteiger partial charge on any atom is 0.315 e. The Hall–Kier alpha value is -1.84. The van der Waals surface area contributed by atoms with Crippen molar-refractivity contribution < 1.29 is 19.1 Å². The minimum atomic E-state index is -0.399. The van der Waals surface area contributed by atoms with Crippen molar-refractivity contribution in [1.82, 2.24) is 0 Å². The lowest BCUT2D eigenvalue weighted by atomic mass is 9.79. The number of aryl methyl sites for hydroxylation is 2. The van der Waals surface area contributed by atoms with E-state index in [1.165, 1.54) is 44.9 Å². The van der Waals surface area contributed by atoms with E-state index >= 15 is 0 Å². The summed E-state index contributed by atoms with van der Waals surface area (Å²) in [6, 6.07) is 5.84. The molecule has 1 aliphatic carbocycles. The van der Waals surface area contributed by atoms with Gasteiger partial charge in [-0.05, 0) is 50.3 Å². The third-order valence-corrected chi connectivity index (χ3v) is 6.42. The Morgan fingerprint density at radius 3 is 2.06 bits per heavy atom. The monoisotopic (exact) mass is 430 g/mol. The number of carbonyl (C=O) groups is 2. The van der Waals surface area contributed by atoms with Gasteiger partial charge in [0.1, 0.15) is 5.75 Å². The van der Waals surface area contributed by atoms with E-state index in [2.05, 4.69) is 6.92 Å². The summed E-state index contributed by atoms with van der Waals surface area (Å²) in [7, 11) is 0. The Morgan fingerprint density at radius 1 is 0.839 bits per heavy atom. The van der Waals surface area contributed by atoms with Gasteiger partial charge < -0.3 is 9.47 Å². The third-order valence-electron chi connectivity index (χ3n) is 6.42. The molecule has 174 valence electrons. The standard InChI is InChI=1S/C27H42O4/c1-4-5-6-7-8-9-10-11-14-19-30-26(28)23-15-12-13-16-24(23)27(29)31-25-20-21(2)17-18-22(25)3/h17-18,20,23-24H,4-16,19H2,1-3H3. The summed E-state index contributed by atoms with van der Waals surface area (Å²) >= 11 is 0. The molecule has 0 bridgehead atoms. The molecule has 0 aliphatic heterocycles. The third kappa shape index (κ3) is 9.04. The van der Waals surface area contributed by atoms with E-state index in [4.69, 9.17) is 9.47 Å². The van der Waals surface area contributed by atoms with Crippen molar-refractivity contribution in [1.29, 1.82) is 0 Å². The lowest BCUT2D eigenvalue weighted by Gasteiger charge is -2.28. The van der Waals surface area contributed by atoms with Gasteiger partial charge in [0.2, 0.25) is 0 Å². The first kappa shape index (κ1) is 25.4. The largest absolute Gasteiger partial charge is 0.465 e. The summed E-state index contributed by atoms with van der Waals surface area (Å²) in [5.74, 6) is -0.688. The van der Waals surface area contributed by atoms with Crippen LogP contribution in [0.15, 0.2) is 18.2 Å². The highest BCUT2D eigenvalue weighted by atomic mass is 16.5. The minimum Gasteiger partial charge on any atom is -0.465 e. The van der Waals surface area contributed by atoms with Crippen LogP contribution < -0.4 is 4.74 Å². The number of hydrogen-bond donors (Lipinski definition) is 0. The van der Waals surface area contributed by atoms with E-state index in [1.54, 1.807) is 0 Å². The van der Waals surface area contributed by atoms with E-state index in [1.807, 2.05) is 32.0 Å². The molecule has 2 rings (SSSR count). The highest BCUT2D eigenvalue weighted by Gasteiger charge is 2.38. The molecule has 0 saturated heterocycles. The van der Waals surface area contributed by atoms with Gasteiger partial charge in [-0.15, -0.1) is 0 Å². The van der Waals surface area contributed by atoms with Gasteiger partial charge >= 0.3 is 11.9 Å². The van der Waals surface area contributed by atoms with Crippen molar-refractivity contribution >= 4 is 11.9 Å². The second-order valence-corrected chi connectivity index (χ2v) is 9.18. The van der Waals surface area contributed by atoms with Crippen LogP contribution in [-0.4, -0.2) is 18.5 Å². The number of rotatable bonds is 13. The first-order valence-electron chi connectivity index (χ1n) is 12.5. The zero-order chi connectivity index (χ0) is 22.5. The maximum absolute atomic E-state index is 12.9. The highest BCUT2D eigenvalue weighted by Crippen LogP contribution is 2.33. The first-order valence-corrected chi connectivity index (χ1v) is 12.5. The lowest BCUT2D eigenvalue weighted by molar-refractivity contribution is -0.158. The van der Waals surface area contributed by atoms with Gasteiger partial charge in [-0.2, -0.15) is 0 Å². The Kier molecular flexibility index (Phi) is 11.7. The van der Waals surface area contributed by atoms with Crippen molar-refractivity contribution in [2.45, 2.75) is 104 Å². The maximum atomic E-state index is 12.9. The van der Waals surface area contributed by atoms with Gasteiger partial charge in [-0.1, -0.05) is 83.3 Å². The van der Waals surface area contributed by atoms with Gasteiger partial charge in [0.15, 0.2) is 0 Å². The normalized spacial score (nSPS) is 18.5. The van der Waals surface area contributed by atoms with E-state index < -0.39 is 5.92 Å². The number of hydrogen-bond acceptors (Lipinski definition) is 4. The minimum absolute atomic E-state index is 0.220. The number of benzene rings is 1. The molecule has 1 saturated carbocycles. The molecule has 31 heavy (non-hydrogen) atoms. The Bertz CT molecular complexity index is 682. The molecule has 0 aromatic heterocycles. The average Bonchev–Trinajstić information content (AvgIpc) is 2.77.